The van der Waals surface area contributed by atoms with E-state index in [-0.39, 0.29) is 11.6 Å². The summed E-state index contributed by atoms with van der Waals surface area (Å²) in [6, 6.07) is 9.14. The van der Waals surface area contributed by atoms with E-state index in [9.17, 15) is 8.78 Å². The maximum Gasteiger partial charge on any atom is 0.163 e. The molecule has 0 radical (unpaired) electrons. The Bertz CT molecular complexity index is 634. The quantitative estimate of drug-likeness (QED) is 0.879. The van der Waals surface area contributed by atoms with E-state index in [1.54, 1.807) is 38.3 Å². The molecule has 1 unspecified atom stereocenters. The number of halogens is 3. The highest BCUT2D eigenvalue weighted by atomic mass is 35.5. The molecule has 0 saturated carbocycles. The van der Waals surface area contributed by atoms with E-state index in [0.29, 0.717) is 17.3 Å². The number of ether oxygens (including phenoxy) is 1. The van der Waals surface area contributed by atoms with Gasteiger partial charge in [-0.2, -0.15) is 0 Å². The van der Waals surface area contributed by atoms with Gasteiger partial charge in [-0.05, 0) is 25.1 Å². The lowest BCUT2D eigenvalue weighted by Crippen LogP contribution is -2.20. The lowest BCUT2D eigenvalue weighted by atomic mass is 10.1. The van der Waals surface area contributed by atoms with Crippen LogP contribution in [0.25, 0.3) is 0 Å². The van der Waals surface area contributed by atoms with E-state index >= 15 is 0 Å². The highest BCUT2D eigenvalue weighted by molar-refractivity contribution is 6.31. The van der Waals surface area contributed by atoms with Crippen LogP contribution in [0, 0.1) is 11.6 Å². The molecule has 0 aliphatic carbocycles. The van der Waals surface area contributed by atoms with Gasteiger partial charge in [0, 0.05) is 28.7 Å². The van der Waals surface area contributed by atoms with E-state index in [1.165, 1.54) is 6.07 Å². The first-order valence-corrected chi connectivity index (χ1v) is 6.91. The van der Waals surface area contributed by atoms with Crippen molar-refractivity contribution in [3.05, 3.63) is 64.2 Å². The fourth-order valence-electron chi connectivity index (χ4n) is 2.12. The molecule has 0 saturated heterocycles. The van der Waals surface area contributed by atoms with Crippen molar-refractivity contribution < 1.29 is 13.5 Å². The monoisotopic (exact) mass is 311 g/mol. The molecule has 0 aliphatic rings. The number of hydrogen-bond acceptors (Lipinski definition) is 2. The number of hydrogen-bond donors (Lipinski definition) is 1. The van der Waals surface area contributed by atoms with Crippen LogP contribution in [0.15, 0.2) is 36.4 Å². The van der Waals surface area contributed by atoms with Crippen LogP contribution in [0.4, 0.5) is 8.78 Å². The molecule has 1 N–H and O–H groups in total. The first kappa shape index (κ1) is 15.7. The Hall–Kier alpha value is -1.65. The Morgan fingerprint density at radius 3 is 2.62 bits per heavy atom. The van der Waals surface area contributed by atoms with Crippen molar-refractivity contribution in [2.45, 2.75) is 19.5 Å². The van der Waals surface area contributed by atoms with Gasteiger partial charge in [0.2, 0.25) is 0 Å². The van der Waals surface area contributed by atoms with Crippen LogP contribution >= 0.6 is 11.6 Å². The summed E-state index contributed by atoms with van der Waals surface area (Å²) >= 11 is 6.14. The molecule has 0 heterocycles. The van der Waals surface area contributed by atoms with E-state index in [1.807, 2.05) is 0 Å². The molecule has 21 heavy (non-hydrogen) atoms. The smallest absolute Gasteiger partial charge is 0.163 e. The highest BCUT2D eigenvalue weighted by Crippen LogP contribution is 2.27. The molecule has 2 aromatic carbocycles. The normalized spacial score (nSPS) is 12.2. The molecule has 0 fully saturated rings. The summed E-state index contributed by atoms with van der Waals surface area (Å²) in [7, 11) is 1.56. The fraction of sp³-hybridized carbons (Fsp3) is 0.250. The minimum absolute atomic E-state index is 0.279. The summed E-state index contributed by atoms with van der Waals surface area (Å²) in [6.07, 6.45) is 0. The molecule has 2 aromatic rings. The Morgan fingerprint density at radius 2 is 1.90 bits per heavy atom. The molecule has 0 spiro atoms. The standard InChI is InChI=1S/C16H16ClF2NO/c1-10(11-5-3-7-14(18)16(11)19)20-9-12-13(17)6-4-8-15(12)21-2/h3-8,10,20H,9H2,1-2H3. The van der Waals surface area contributed by atoms with Crippen molar-refractivity contribution in [1.29, 1.82) is 0 Å². The summed E-state index contributed by atoms with van der Waals surface area (Å²) in [5.74, 6) is -1.03. The summed E-state index contributed by atoms with van der Waals surface area (Å²) in [6.45, 7) is 2.15. The minimum Gasteiger partial charge on any atom is -0.496 e. The molecule has 1 atom stereocenters. The second kappa shape index (κ2) is 6.87. The molecule has 0 bridgehead atoms. The molecule has 2 nitrogen and oxygen atoms in total. The Kier molecular flexibility index (Phi) is 5.15. The topological polar surface area (TPSA) is 21.3 Å². The van der Waals surface area contributed by atoms with Crippen LogP contribution in [0.5, 0.6) is 5.75 Å². The Labute approximate surface area is 127 Å². The van der Waals surface area contributed by atoms with Crippen LogP contribution in [0.3, 0.4) is 0 Å². The van der Waals surface area contributed by atoms with Gasteiger partial charge < -0.3 is 10.1 Å². The molecule has 112 valence electrons. The molecule has 0 amide bonds. The lowest BCUT2D eigenvalue weighted by molar-refractivity contribution is 0.405. The number of benzene rings is 2. The summed E-state index contributed by atoms with van der Waals surface area (Å²) in [5, 5.41) is 3.69. The Balaban J connectivity index is 2.15. The summed E-state index contributed by atoms with van der Waals surface area (Å²) in [4.78, 5) is 0. The van der Waals surface area contributed by atoms with Crippen molar-refractivity contribution in [1.82, 2.24) is 5.32 Å². The van der Waals surface area contributed by atoms with Crippen LogP contribution < -0.4 is 10.1 Å². The lowest BCUT2D eigenvalue weighted by Gasteiger charge is -2.17. The maximum atomic E-state index is 13.7. The Morgan fingerprint density at radius 1 is 1.19 bits per heavy atom. The van der Waals surface area contributed by atoms with Gasteiger partial charge >= 0.3 is 0 Å². The zero-order chi connectivity index (χ0) is 15.4. The first-order valence-electron chi connectivity index (χ1n) is 6.53. The van der Waals surface area contributed by atoms with E-state index in [4.69, 9.17) is 16.3 Å². The SMILES string of the molecule is COc1cccc(Cl)c1CNC(C)c1cccc(F)c1F. The fourth-order valence-corrected chi connectivity index (χ4v) is 2.35. The van der Waals surface area contributed by atoms with Gasteiger partial charge in [-0.1, -0.05) is 29.8 Å². The third-order valence-electron chi connectivity index (χ3n) is 3.33. The number of rotatable bonds is 5. The largest absolute Gasteiger partial charge is 0.496 e. The van der Waals surface area contributed by atoms with Crippen molar-refractivity contribution in [2.24, 2.45) is 0 Å². The highest BCUT2D eigenvalue weighted by Gasteiger charge is 2.15. The third-order valence-corrected chi connectivity index (χ3v) is 3.68. The van der Waals surface area contributed by atoms with Crippen LogP contribution in [-0.4, -0.2) is 7.11 Å². The summed E-state index contributed by atoms with van der Waals surface area (Å²) < 4.78 is 32.2. The van der Waals surface area contributed by atoms with Gasteiger partial charge in [0.15, 0.2) is 11.6 Å². The van der Waals surface area contributed by atoms with Crippen molar-refractivity contribution in [3.8, 4) is 5.75 Å². The van der Waals surface area contributed by atoms with Crippen LogP contribution in [-0.2, 0) is 6.54 Å². The second-order valence-electron chi connectivity index (χ2n) is 4.67. The van der Waals surface area contributed by atoms with Gasteiger partial charge in [0.1, 0.15) is 5.75 Å². The molecule has 5 heteroatoms. The third kappa shape index (κ3) is 3.52. The van der Waals surface area contributed by atoms with E-state index in [0.717, 1.165) is 11.6 Å². The van der Waals surface area contributed by atoms with Crippen molar-refractivity contribution >= 4 is 11.6 Å². The molecular formula is C16H16ClF2NO. The second-order valence-corrected chi connectivity index (χ2v) is 5.07. The van der Waals surface area contributed by atoms with Gasteiger partial charge in [-0.25, -0.2) is 8.78 Å². The van der Waals surface area contributed by atoms with Crippen molar-refractivity contribution in [2.75, 3.05) is 7.11 Å². The van der Waals surface area contributed by atoms with Gasteiger partial charge in [0.05, 0.1) is 7.11 Å². The maximum absolute atomic E-state index is 13.7. The number of nitrogens with one attached hydrogen (secondary N) is 1. The van der Waals surface area contributed by atoms with E-state index in [2.05, 4.69) is 5.32 Å². The first-order chi connectivity index (χ1) is 10.0. The zero-order valence-electron chi connectivity index (χ0n) is 11.8. The van der Waals surface area contributed by atoms with Gasteiger partial charge in [-0.15, -0.1) is 0 Å². The molecule has 0 aromatic heterocycles. The molecular weight excluding hydrogens is 296 g/mol. The average Bonchev–Trinajstić information content (AvgIpc) is 2.48. The predicted molar refractivity (Wildman–Crippen MR) is 79.6 cm³/mol. The minimum atomic E-state index is -0.850. The summed E-state index contributed by atoms with van der Waals surface area (Å²) in [5.41, 5.74) is 1.06. The molecule has 2 rings (SSSR count). The average molecular weight is 312 g/mol. The molecule has 0 aliphatic heterocycles. The van der Waals surface area contributed by atoms with Crippen LogP contribution in [0.2, 0.25) is 5.02 Å². The van der Waals surface area contributed by atoms with Crippen molar-refractivity contribution in [3.63, 3.8) is 0 Å². The number of methoxy groups -OCH3 is 1. The van der Waals surface area contributed by atoms with Gasteiger partial charge in [0.25, 0.3) is 0 Å². The zero-order valence-corrected chi connectivity index (χ0v) is 12.5. The van der Waals surface area contributed by atoms with E-state index < -0.39 is 11.6 Å². The van der Waals surface area contributed by atoms with Crippen LogP contribution in [0.1, 0.15) is 24.1 Å². The predicted octanol–water partition coefficient (Wildman–Crippen LogP) is 4.48. The van der Waals surface area contributed by atoms with Gasteiger partial charge in [-0.3, -0.25) is 0 Å².